The fourth-order valence-corrected chi connectivity index (χ4v) is 2.81. The van der Waals surface area contributed by atoms with Gasteiger partial charge in [0.25, 0.3) is 0 Å². The number of ether oxygens (including phenoxy) is 1. The summed E-state index contributed by atoms with van der Waals surface area (Å²) in [5.41, 5.74) is 5.54. The zero-order chi connectivity index (χ0) is 15.5. The highest BCUT2D eigenvalue weighted by Gasteiger charge is 2.31. The van der Waals surface area contributed by atoms with Crippen LogP contribution in [0.15, 0.2) is 18.2 Å². The van der Waals surface area contributed by atoms with E-state index in [0.717, 1.165) is 0 Å². The van der Waals surface area contributed by atoms with Gasteiger partial charge in [-0.05, 0) is 13.1 Å². The Labute approximate surface area is 129 Å². The topological polar surface area (TPSA) is 58.7 Å². The van der Waals surface area contributed by atoms with Crippen molar-refractivity contribution in [1.29, 1.82) is 0 Å². The van der Waals surface area contributed by atoms with Crippen molar-refractivity contribution in [2.24, 2.45) is 5.73 Å². The number of rotatable bonds is 5. The number of aliphatic hydroxyl groups is 1. The van der Waals surface area contributed by atoms with Gasteiger partial charge in [-0.2, -0.15) is 0 Å². The Kier molecular flexibility index (Phi) is 5.27. The number of benzene rings is 1. The summed E-state index contributed by atoms with van der Waals surface area (Å²) >= 11 is 4.84. The molecule has 0 spiro atoms. The van der Waals surface area contributed by atoms with Gasteiger partial charge in [-0.3, -0.25) is 4.90 Å². The first-order valence-corrected chi connectivity index (χ1v) is 7.38. The van der Waals surface area contributed by atoms with Gasteiger partial charge >= 0.3 is 0 Å². The number of nitrogens with two attached hydrogens (primary N) is 1. The molecule has 1 aromatic rings. The number of nitrogens with zero attached hydrogens (tertiary/aromatic N) is 1. The largest absolute Gasteiger partial charge is 0.389 e. The van der Waals surface area contributed by atoms with Crippen molar-refractivity contribution in [3.63, 3.8) is 0 Å². The smallest absolute Gasteiger partial charge is 0.137 e. The lowest BCUT2D eigenvalue weighted by Gasteiger charge is -2.35. The van der Waals surface area contributed by atoms with E-state index < -0.39 is 5.60 Å². The molecule has 0 bridgehead atoms. The van der Waals surface area contributed by atoms with E-state index in [4.69, 9.17) is 22.7 Å². The molecule has 1 aromatic carbocycles. The minimum Gasteiger partial charge on any atom is -0.389 e. The quantitative estimate of drug-likeness (QED) is 0.806. The summed E-state index contributed by atoms with van der Waals surface area (Å²) in [7, 11) is 1.86. The SMILES string of the molecule is CN(Cc1cccc(C(N)=S)c1F)CC1(O)CCOCC1. The predicted molar refractivity (Wildman–Crippen MR) is 83.6 cm³/mol. The second kappa shape index (κ2) is 6.79. The van der Waals surface area contributed by atoms with Gasteiger partial charge in [0.2, 0.25) is 0 Å². The molecule has 2 rings (SSSR count). The zero-order valence-corrected chi connectivity index (χ0v) is 13.0. The van der Waals surface area contributed by atoms with Crippen molar-refractivity contribution in [3.05, 3.63) is 35.1 Å². The van der Waals surface area contributed by atoms with E-state index in [9.17, 15) is 9.50 Å². The van der Waals surface area contributed by atoms with Gasteiger partial charge in [-0.15, -0.1) is 0 Å². The van der Waals surface area contributed by atoms with Gasteiger partial charge in [0.15, 0.2) is 0 Å². The predicted octanol–water partition coefficient (Wildman–Crippen LogP) is 1.43. The van der Waals surface area contributed by atoms with Gasteiger partial charge in [0, 0.05) is 50.3 Å². The lowest BCUT2D eigenvalue weighted by atomic mass is 9.94. The fourth-order valence-electron chi connectivity index (χ4n) is 2.65. The average molecular weight is 312 g/mol. The standard InChI is InChI=1S/C15H21FN2O2S/c1-18(10-15(19)5-7-20-8-6-15)9-11-3-2-4-12(13(11)16)14(17)21/h2-4,19H,5-10H2,1H3,(H2,17,21). The number of hydrogen-bond acceptors (Lipinski definition) is 4. The first-order valence-electron chi connectivity index (χ1n) is 6.97. The molecule has 3 N–H and O–H groups in total. The maximum Gasteiger partial charge on any atom is 0.137 e. The fraction of sp³-hybridized carbons (Fsp3) is 0.533. The van der Waals surface area contributed by atoms with Crippen molar-refractivity contribution in [2.45, 2.75) is 25.0 Å². The summed E-state index contributed by atoms with van der Waals surface area (Å²) in [5, 5.41) is 10.5. The summed E-state index contributed by atoms with van der Waals surface area (Å²) < 4.78 is 19.5. The molecule has 0 amide bonds. The van der Waals surface area contributed by atoms with Crippen LogP contribution < -0.4 is 5.73 Å². The molecule has 4 nitrogen and oxygen atoms in total. The summed E-state index contributed by atoms with van der Waals surface area (Å²) in [6.07, 6.45) is 1.21. The molecule has 1 aliphatic heterocycles. The second-order valence-corrected chi connectivity index (χ2v) is 6.09. The Morgan fingerprint density at radius 3 is 2.76 bits per heavy atom. The molecule has 1 saturated heterocycles. The number of thiocarbonyl (C=S) groups is 1. The first kappa shape index (κ1) is 16.3. The Morgan fingerprint density at radius 2 is 2.14 bits per heavy atom. The second-order valence-electron chi connectivity index (χ2n) is 5.65. The molecule has 1 aliphatic rings. The molecule has 6 heteroatoms. The van der Waals surface area contributed by atoms with Crippen LogP contribution in [0.5, 0.6) is 0 Å². The number of halogens is 1. The molecule has 0 aromatic heterocycles. The van der Waals surface area contributed by atoms with Gasteiger partial charge in [-0.25, -0.2) is 4.39 Å². The monoisotopic (exact) mass is 312 g/mol. The van der Waals surface area contributed by atoms with Crippen LogP contribution in [0, 0.1) is 5.82 Å². The maximum atomic E-state index is 14.3. The van der Waals surface area contributed by atoms with Gasteiger partial charge in [0.1, 0.15) is 10.8 Å². The third kappa shape index (κ3) is 4.20. The van der Waals surface area contributed by atoms with Gasteiger partial charge in [-0.1, -0.05) is 24.4 Å². The van der Waals surface area contributed by atoms with Crippen molar-refractivity contribution < 1.29 is 14.2 Å². The van der Waals surface area contributed by atoms with Crippen molar-refractivity contribution in [3.8, 4) is 0 Å². The van der Waals surface area contributed by atoms with Crippen LogP contribution in [0.1, 0.15) is 24.0 Å². The molecule has 0 radical (unpaired) electrons. The summed E-state index contributed by atoms with van der Waals surface area (Å²) in [6, 6.07) is 5.03. The van der Waals surface area contributed by atoms with Gasteiger partial charge in [0.05, 0.1) is 5.60 Å². The first-order chi connectivity index (χ1) is 9.91. The normalized spacial score (nSPS) is 17.9. The van der Waals surface area contributed by atoms with Crippen LogP contribution >= 0.6 is 12.2 Å². The average Bonchev–Trinajstić information content (AvgIpc) is 2.41. The molecule has 1 heterocycles. The third-order valence-electron chi connectivity index (χ3n) is 3.77. The Hall–Kier alpha value is -1.08. The summed E-state index contributed by atoms with van der Waals surface area (Å²) in [6.45, 7) is 2.00. The van der Waals surface area contributed by atoms with E-state index in [0.29, 0.717) is 44.7 Å². The van der Waals surface area contributed by atoms with E-state index >= 15 is 0 Å². The van der Waals surface area contributed by atoms with Crippen molar-refractivity contribution >= 4 is 17.2 Å². The van der Waals surface area contributed by atoms with E-state index in [1.807, 2.05) is 11.9 Å². The Morgan fingerprint density at radius 1 is 1.48 bits per heavy atom. The maximum absolute atomic E-state index is 14.3. The van der Waals surface area contributed by atoms with Crippen LogP contribution in [-0.4, -0.2) is 47.4 Å². The third-order valence-corrected chi connectivity index (χ3v) is 3.99. The number of hydrogen-bond donors (Lipinski definition) is 2. The van der Waals surface area contributed by atoms with Crippen LogP contribution in [0.3, 0.4) is 0 Å². The summed E-state index contributed by atoms with van der Waals surface area (Å²) in [5.74, 6) is -0.379. The van der Waals surface area contributed by atoms with Crippen molar-refractivity contribution in [1.82, 2.24) is 4.90 Å². The van der Waals surface area contributed by atoms with Gasteiger partial charge < -0.3 is 15.6 Å². The zero-order valence-electron chi connectivity index (χ0n) is 12.1. The molecule has 21 heavy (non-hydrogen) atoms. The van der Waals surface area contributed by atoms with E-state index in [2.05, 4.69) is 0 Å². The van der Waals surface area contributed by atoms with E-state index in [1.165, 1.54) is 0 Å². The van der Waals surface area contributed by atoms with E-state index in [1.54, 1.807) is 18.2 Å². The minimum atomic E-state index is -0.760. The molecular formula is C15H21FN2O2S. The van der Waals surface area contributed by atoms with Crippen LogP contribution in [0.2, 0.25) is 0 Å². The molecular weight excluding hydrogens is 291 g/mol. The Balaban J connectivity index is 2.04. The molecule has 0 unspecified atom stereocenters. The number of likely N-dealkylation sites (N-methyl/N-ethyl adjacent to an activating group) is 1. The minimum absolute atomic E-state index is 0.0556. The highest BCUT2D eigenvalue weighted by Crippen LogP contribution is 2.22. The molecule has 0 saturated carbocycles. The lowest BCUT2D eigenvalue weighted by Crippen LogP contribution is -2.45. The lowest BCUT2D eigenvalue weighted by molar-refractivity contribution is -0.0778. The highest BCUT2D eigenvalue weighted by molar-refractivity contribution is 7.80. The highest BCUT2D eigenvalue weighted by atomic mass is 32.1. The van der Waals surface area contributed by atoms with Crippen LogP contribution in [0.4, 0.5) is 4.39 Å². The van der Waals surface area contributed by atoms with Crippen LogP contribution in [-0.2, 0) is 11.3 Å². The van der Waals surface area contributed by atoms with Crippen LogP contribution in [0.25, 0.3) is 0 Å². The molecule has 1 fully saturated rings. The molecule has 0 atom stereocenters. The van der Waals surface area contributed by atoms with Crippen molar-refractivity contribution in [2.75, 3.05) is 26.8 Å². The molecule has 0 aliphatic carbocycles. The molecule has 116 valence electrons. The Bertz CT molecular complexity index is 518. The summed E-state index contributed by atoms with van der Waals surface area (Å²) in [4.78, 5) is 1.97. The van der Waals surface area contributed by atoms with E-state index in [-0.39, 0.29) is 16.4 Å².